The molecule has 0 aromatic heterocycles. The monoisotopic (exact) mass is 606 g/mol. The van der Waals surface area contributed by atoms with Crippen molar-refractivity contribution in [1.29, 1.82) is 0 Å². The van der Waals surface area contributed by atoms with Crippen LogP contribution in [0.25, 0.3) is 11.1 Å². The van der Waals surface area contributed by atoms with E-state index in [1.165, 1.54) is 83.6 Å². The quantitative estimate of drug-likeness (QED) is 0.167. The molecule has 0 saturated heterocycles. The Bertz CT molecular complexity index is 1550. The lowest BCUT2D eigenvalue weighted by molar-refractivity contribution is 0.0771. The third kappa shape index (κ3) is 6.32. The minimum absolute atomic E-state index is 0.00345. The Morgan fingerprint density at radius 1 is 0.932 bits per heavy atom. The molecule has 2 aliphatic carbocycles. The molecule has 2 saturated carbocycles. The first-order valence-electron chi connectivity index (χ1n) is 17.3. The van der Waals surface area contributed by atoms with E-state index >= 15 is 0 Å². The van der Waals surface area contributed by atoms with E-state index in [1.807, 2.05) is 18.0 Å². The molecule has 0 spiro atoms. The van der Waals surface area contributed by atoms with E-state index in [1.54, 1.807) is 0 Å². The van der Waals surface area contributed by atoms with Gasteiger partial charge in [0.05, 0.1) is 11.7 Å². The number of hydrogen-bond donors (Lipinski definition) is 0. The fourth-order valence-corrected chi connectivity index (χ4v) is 8.40. The second kappa shape index (κ2) is 13.3. The van der Waals surface area contributed by atoms with Crippen molar-refractivity contribution in [2.75, 3.05) is 7.05 Å². The van der Waals surface area contributed by atoms with E-state index in [9.17, 15) is 4.79 Å². The summed E-state index contributed by atoms with van der Waals surface area (Å²) in [6, 6.07) is 20.1. The van der Waals surface area contributed by atoms with Crippen LogP contribution in [0, 0.1) is 12.8 Å². The van der Waals surface area contributed by atoms with Gasteiger partial charge in [0.1, 0.15) is 0 Å². The number of carbonyl (C=O) groups excluding carboxylic acids is 1. The number of unbranched alkanes of at least 4 members (excludes halogenated alkanes) is 1. The SMILES string of the molecule is CCCCC1CC(c2ccc(-c3ccc(N=C(CCC)C4CC(C)c5c(cccc5C5CC5)C(=O)N4C)c(C)c3)cc2P)C1. The molecule has 3 unspecified atom stereocenters. The summed E-state index contributed by atoms with van der Waals surface area (Å²) in [5.41, 5.74) is 10.9. The minimum Gasteiger partial charge on any atom is -0.333 e. The smallest absolute Gasteiger partial charge is 0.254 e. The van der Waals surface area contributed by atoms with Crippen molar-refractivity contribution in [3.05, 3.63) is 82.4 Å². The van der Waals surface area contributed by atoms with Gasteiger partial charge in [-0.05, 0) is 132 Å². The number of benzene rings is 3. The van der Waals surface area contributed by atoms with Crippen LogP contribution in [0.4, 0.5) is 5.69 Å². The van der Waals surface area contributed by atoms with Crippen molar-refractivity contribution in [2.24, 2.45) is 10.9 Å². The van der Waals surface area contributed by atoms with E-state index in [0.717, 1.165) is 48.1 Å². The van der Waals surface area contributed by atoms with Crippen molar-refractivity contribution in [3.63, 3.8) is 0 Å². The van der Waals surface area contributed by atoms with E-state index in [4.69, 9.17) is 4.99 Å². The molecule has 0 bridgehead atoms. The summed E-state index contributed by atoms with van der Waals surface area (Å²) in [6.45, 7) is 9.00. The molecule has 4 heteroatoms. The van der Waals surface area contributed by atoms with Crippen molar-refractivity contribution < 1.29 is 4.79 Å². The number of carbonyl (C=O) groups is 1. The Labute approximate surface area is 268 Å². The molecule has 3 atom stereocenters. The molecule has 1 heterocycles. The van der Waals surface area contributed by atoms with Crippen LogP contribution in [0.15, 0.2) is 59.6 Å². The summed E-state index contributed by atoms with van der Waals surface area (Å²) in [7, 11) is 5.00. The molecule has 3 aromatic carbocycles. The van der Waals surface area contributed by atoms with Crippen LogP contribution in [0.1, 0.15) is 135 Å². The van der Waals surface area contributed by atoms with Crippen molar-refractivity contribution in [3.8, 4) is 11.1 Å². The number of amides is 1. The van der Waals surface area contributed by atoms with Gasteiger partial charge in [-0.25, -0.2) is 0 Å². The Balaban J connectivity index is 1.23. The van der Waals surface area contributed by atoms with Gasteiger partial charge in [-0.1, -0.05) is 76.8 Å². The lowest BCUT2D eigenvalue weighted by Crippen LogP contribution is -2.41. The van der Waals surface area contributed by atoms with Gasteiger partial charge in [0.2, 0.25) is 0 Å². The lowest BCUT2D eigenvalue weighted by atomic mass is 9.69. The number of nitrogens with zero attached hydrogens (tertiary/aromatic N) is 2. The first-order valence-corrected chi connectivity index (χ1v) is 17.8. The zero-order valence-electron chi connectivity index (χ0n) is 27.5. The predicted octanol–water partition coefficient (Wildman–Crippen LogP) is 10.2. The number of fused-ring (bicyclic) bond motifs is 1. The second-order valence-corrected chi connectivity index (χ2v) is 14.6. The average Bonchev–Trinajstić information content (AvgIpc) is 3.85. The molecule has 3 nitrogen and oxygen atoms in total. The first kappa shape index (κ1) is 31.2. The van der Waals surface area contributed by atoms with E-state index < -0.39 is 0 Å². The Hall–Kier alpha value is -2.77. The van der Waals surface area contributed by atoms with E-state index in [0.29, 0.717) is 11.8 Å². The van der Waals surface area contributed by atoms with Gasteiger partial charge in [-0.3, -0.25) is 9.79 Å². The maximum absolute atomic E-state index is 13.9. The van der Waals surface area contributed by atoms with Gasteiger partial charge in [0.25, 0.3) is 5.91 Å². The Morgan fingerprint density at radius 2 is 1.68 bits per heavy atom. The van der Waals surface area contributed by atoms with Gasteiger partial charge in [0, 0.05) is 18.3 Å². The summed E-state index contributed by atoms with van der Waals surface area (Å²) in [5, 5.41) is 1.34. The highest BCUT2D eigenvalue weighted by atomic mass is 31.0. The van der Waals surface area contributed by atoms with Gasteiger partial charge >= 0.3 is 0 Å². The second-order valence-electron chi connectivity index (χ2n) is 14.0. The largest absolute Gasteiger partial charge is 0.333 e. The fraction of sp³-hybridized carbons (Fsp3) is 0.500. The molecule has 0 radical (unpaired) electrons. The summed E-state index contributed by atoms with van der Waals surface area (Å²) >= 11 is 0. The third-order valence-electron chi connectivity index (χ3n) is 10.7. The van der Waals surface area contributed by atoms with Crippen LogP contribution in [-0.2, 0) is 0 Å². The lowest BCUT2D eigenvalue weighted by Gasteiger charge is -2.36. The van der Waals surface area contributed by atoms with Crippen molar-refractivity contribution in [1.82, 2.24) is 4.90 Å². The molecule has 3 aromatic rings. The minimum atomic E-state index is -0.00345. The van der Waals surface area contributed by atoms with Crippen molar-refractivity contribution in [2.45, 2.75) is 116 Å². The Kier molecular flexibility index (Phi) is 9.44. The summed E-state index contributed by atoms with van der Waals surface area (Å²) in [6.07, 6.45) is 12.1. The van der Waals surface area contributed by atoms with Crippen molar-refractivity contribution >= 4 is 31.9 Å². The predicted molar refractivity (Wildman–Crippen MR) is 190 cm³/mol. The molecule has 6 rings (SSSR count). The summed E-state index contributed by atoms with van der Waals surface area (Å²) in [4.78, 5) is 21.2. The highest BCUT2D eigenvalue weighted by Gasteiger charge is 2.37. The van der Waals surface area contributed by atoms with Gasteiger partial charge in [-0.15, -0.1) is 9.24 Å². The van der Waals surface area contributed by atoms with E-state index in [2.05, 4.69) is 85.5 Å². The molecule has 1 amide bonds. The molecule has 44 heavy (non-hydrogen) atoms. The normalized spacial score (nSPS) is 23.7. The van der Waals surface area contributed by atoms with Crippen LogP contribution in [0.3, 0.4) is 0 Å². The van der Waals surface area contributed by atoms with Gasteiger partial charge in [0.15, 0.2) is 0 Å². The molecule has 232 valence electrons. The molecule has 0 N–H and O–H groups in total. The third-order valence-corrected chi connectivity index (χ3v) is 11.2. The van der Waals surface area contributed by atoms with Crippen LogP contribution < -0.4 is 5.30 Å². The van der Waals surface area contributed by atoms with Crippen LogP contribution in [0.5, 0.6) is 0 Å². The number of rotatable bonds is 10. The summed E-state index contributed by atoms with van der Waals surface area (Å²) in [5.74, 6) is 2.73. The number of aryl methyl sites for hydroxylation is 1. The summed E-state index contributed by atoms with van der Waals surface area (Å²) < 4.78 is 0. The zero-order valence-corrected chi connectivity index (χ0v) is 28.7. The number of aliphatic imine (C=N–C) groups is 1. The number of hydrogen-bond acceptors (Lipinski definition) is 2. The first-order chi connectivity index (χ1) is 21.3. The van der Waals surface area contributed by atoms with Crippen LogP contribution in [0.2, 0.25) is 0 Å². The van der Waals surface area contributed by atoms with Crippen LogP contribution in [-0.4, -0.2) is 29.6 Å². The molecular formula is C40H51N2OP. The van der Waals surface area contributed by atoms with Crippen LogP contribution >= 0.6 is 9.24 Å². The molecular weight excluding hydrogens is 555 g/mol. The Morgan fingerprint density at radius 3 is 2.36 bits per heavy atom. The standard InChI is InChI=1S/C40H51N2OP/c1-6-8-11-27-22-31(23-27)32-18-16-30(24-38(32)44)29-17-19-35(25(3)20-29)41-36(10-7-2)37-21-26(4)39-33(28-14-15-28)12-9-13-34(39)40(43)42(37)5/h9,12-13,16-20,24,26-28,31,37H,6-8,10-11,14-15,21-23,44H2,1-5H3. The average molecular weight is 607 g/mol. The molecule has 1 aliphatic heterocycles. The maximum Gasteiger partial charge on any atom is 0.254 e. The fourth-order valence-electron chi connectivity index (χ4n) is 7.88. The van der Waals surface area contributed by atoms with Gasteiger partial charge in [-0.2, -0.15) is 0 Å². The van der Waals surface area contributed by atoms with Gasteiger partial charge < -0.3 is 4.90 Å². The molecule has 3 aliphatic rings. The topological polar surface area (TPSA) is 32.7 Å². The zero-order chi connectivity index (χ0) is 31.0. The highest BCUT2D eigenvalue weighted by Crippen LogP contribution is 2.47. The van der Waals surface area contributed by atoms with E-state index in [-0.39, 0.29) is 11.9 Å². The highest BCUT2D eigenvalue weighted by molar-refractivity contribution is 7.27. The molecule has 2 fully saturated rings. The maximum atomic E-state index is 13.9.